The Balaban J connectivity index is 1.60. The summed E-state index contributed by atoms with van der Waals surface area (Å²) in [5.41, 5.74) is 0. The zero-order chi connectivity index (χ0) is 14.5. The Labute approximate surface area is 125 Å². The lowest BCUT2D eigenvalue weighted by Crippen LogP contribution is -2.42. The van der Waals surface area contributed by atoms with Crippen molar-refractivity contribution in [3.8, 4) is 0 Å². The van der Waals surface area contributed by atoms with E-state index in [4.69, 9.17) is 4.74 Å². The molecule has 0 amide bonds. The standard InChI is InChI=1S/C17H34N2O/c1-14(2)18-9-5-16(6-10-18)13-20-17-7-11-19(12-8-17)15(3)4/h14-17H,5-13H2,1-4H3. The molecule has 118 valence electrons. The molecule has 0 aromatic carbocycles. The molecule has 0 atom stereocenters. The highest BCUT2D eigenvalue weighted by Crippen LogP contribution is 2.22. The van der Waals surface area contributed by atoms with Gasteiger partial charge in [-0.1, -0.05) is 0 Å². The van der Waals surface area contributed by atoms with Gasteiger partial charge < -0.3 is 14.5 Å². The normalized spacial score (nSPS) is 24.9. The lowest BCUT2D eigenvalue weighted by molar-refractivity contribution is -0.0247. The summed E-state index contributed by atoms with van der Waals surface area (Å²) < 4.78 is 6.20. The Bertz CT molecular complexity index is 236. The fraction of sp³-hybridized carbons (Fsp3) is 1.00. The summed E-state index contributed by atoms with van der Waals surface area (Å²) in [6.07, 6.45) is 5.62. The molecule has 2 rings (SSSR count). The molecule has 0 bridgehead atoms. The van der Waals surface area contributed by atoms with Crippen molar-refractivity contribution < 1.29 is 4.74 Å². The molecule has 0 aromatic heterocycles. The second-order valence-corrected chi connectivity index (χ2v) is 7.24. The highest BCUT2D eigenvalue weighted by molar-refractivity contribution is 4.77. The SMILES string of the molecule is CC(C)N1CCC(COC2CCN(C(C)C)CC2)CC1. The number of likely N-dealkylation sites (tertiary alicyclic amines) is 2. The molecule has 2 heterocycles. The van der Waals surface area contributed by atoms with Gasteiger partial charge in [-0.25, -0.2) is 0 Å². The average Bonchev–Trinajstić information content (AvgIpc) is 2.46. The Morgan fingerprint density at radius 1 is 0.800 bits per heavy atom. The molecule has 20 heavy (non-hydrogen) atoms. The topological polar surface area (TPSA) is 15.7 Å². The van der Waals surface area contributed by atoms with Crippen LogP contribution in [0, 0.1) is 5.92 Å². The molecular weight excluding hydrogens is 248 g/mol. The molecule has 3 nitrogen and oxygen atoms in total. The number of hydrogen-bond donors (Lipinski definition) is 0. The first kappa shape index (κ1) is 16.3. The van der Waals surface area contributed by atoms with Crippen LogP contribution in [-0.2, 0) is 4.74 Å². The van der Waals surface area contributed by atoms with Crippen molar-refractivity contribution >= 4 is 0 Å². The molecule has 2 aliphatic heterocycles. The van der Waals surface area contributed by atoms with Crippen LogP contribution < -0.4 is 0 Å². The molecule has 0 spiro atoms. The maximum atomic E-state index is 6.20. The summed E-state index contributed by atoms with van der Waals surface area (Å²) in [4.78, 5) is 5.17. The predicted octanol–water partition coefficient (Wildman–Crippen LogP) is 3.00. The van der Waals surface area contributed by atoms with E-state index in [1.54, 1.807) is 0 Å². The molecular formula is C17H34N2O. The van der Waals surface area contributed by atoms with E-state index in [-0.39, 0.29) is 0 Å². The average molecular weight is 282 g/mol. The minimum Gasteiger partial charge on any atom is -0.378 e. The van der Waals surface area contributed by atoms with Gasteiger partial charge in [-0.05, 0) is 72.4 Å². The zero-order valence-corrected chi connectivity index (χ0v) is 14.0. The van der Waals surface area contributed by atoms with Gasteiger partial charge in [-0.3, -0.25) is 0 Å². The van der Waals surface area contributed by atoms with Gasteiger partial charge in [-0.15, -0.1) is 0 Å². The minimum absolute atomic E-state index is 0.521. The highest BCUT2D eigenvalue weighted by atomic mass is 16.5. The number of piperidine rings is 2. The first-order chi connectivity index (χ1) is 9.56. The van der Waals surface area contributed by atoms with Crippen LogP contribution in [0.25, 0.3) is 0 Å². The van der Waals surface area contributed by atoms with Gasteiger partial charge in [0.1, 0.15) is 0 Å². The van der Waals surface area contributed by atoms with E-state index < -0.39 is 0 Å². The van der Waals surface area contributed by atoms with Gasteiger partial charge in [0.05, 0.1) is 6.10 Å². The monoisotopic (exact) mass is 282 g/mol. The van der Waals surface area contributed by atoms with Gasteiger partial charge in [0.2, 0.25) is 0 Å². The fourth-order valence-electron chi connectivity index (χ4n) is 3.47. The molecule has 2 aliphatic rings. The van der Waals surface area contributed by atoms with Crippen LogP contribution in [0.5, 0.6) is 0 Å². The largest absolute Gasteiger partial charge is 0.378 e. The lowest BCUT2D eigenvalue weighted by atomic mass is 9.96. The fourth-order valence-corrected chi connectivity index (χ4v) is 3.47. The van der Waals surface area contributed by atoms with Crippen LogP contribution in [0.1, 0.15) is 53.4 Å². The molecule has 3 heteroatoms. The first-order valence-corrected chi connectivity index (χ1v) is 8.66. The van der Waals surface area contributed by atoms with E-state index in [2.05, 4.69) is 37.5 Å². The minimum atomic E-state index is 0.521. The summed E-state index contributed by atoms with van der Waals surface area (Å²) >= 11 is 0. The van der Waals surface area contributed by atoms with Crippen molar-refractivity contribution in [2.24, 2.45) is 5.92 Å². The molecule has 0 aromatic rings. The van der Waals surface area contributed by atoms with E-state index in [9.17, 15) is 0 Å². The summed E-state index contributed by atoms with van der Waals surface area (Å²) in [7, 11) is 0. The predicted molar refractivity (Wildman–Crippen MR) is 85.1 cm³/mol. The van der Waals surface area contributed by atoms with Crippen molar-refractivity contribution in [3.05, 3.63) is 0 Å². The quantitative estimate of drug-likeness (QED) is 0.771. The highest BCUT2D eigenvalue weighted by Gasteiger charge is 2.24. The van der Waals surface area contributed by atoms with Gasteiger partial charge in [0.25, 0.3) is 0 Å². The third-order valence-electron chi connectivity index (χ3n) is 5.15. The van der Waals surface area contributed by atoms with Gasteiger partial charge >= 0.3 is 0 Å². The number of rotatable bonds is 5. The number of ether oxygens (including phenoxy) is 1. The second-order valence-electron chi connectivity index (χ2n) is 7.24. The van der Waals surface area contributed by atoms with Gasteiger partial charge in [0.15, 0.2) is 0 Å². The maximum Gasteiger partial charge on any atom is 0.0599 e. The van der Waals surface area contributed by atoms with E-state index in [0.717, 1.165) is 12.5 Å². The van der Waals surface area contributed by atoms with E-state index in [0.29, 0.717) is 18.2 Å². The van der Waals surface area contributed by atoms with Crippen molar-refractivity contribution in [1.82, 2.24) is 9.80 Å². The summed E-state index contributed by atoms with van der Waals surface area (Å²) in [5.74, 6) is 0.799. The van der Waals surface area contributed by atoms with Crippen LogP contribution in [0.15, 0.2) is 0 Å². The Morgan fingerprint density at radius 3 is 1.70 bits per heavy atom. The van der Waals surface area contributed by atoms with Crippen LogP contribution in [-0.4, -0.2) is 60.8 Å². The molecule has 2 saturated heterocycles. The van der Waals surface area contributed by atoms with Crippen LogP contribution in [0.2, 0.25) is 0 Å². The van der Waals surface area contributed by atoms with Crippen LogP contribution in [0.3, 0.4) is 0 Å². The first-order valence-electron chi connectivity index (χ1n) is 8.66. The number of nitrogens with zero attached hydrogens (tertiary/aromatic N) is 2. The summed E-state index contributed by atoms with van der Waals surface area (Å²) in [6.45, 7) is 15.2. The van der Waals surface area contributed by atoms with Gasteiger partial charge in [-0.2, -0.15) is 0 Å². The Kier molecular flexibility index (Phi) is 6.31. The van der Waals surface area contributed by atoms with E-state index in [1.807, 2.05) is 0 Å². The lowest BCUT2D eigenvalue weighted by Gasteiger charge is -2.37. The van der Waals surface area contributed by atoms with Crippen molar-refractivity contribution in [2.75, 3.05) is 32.8 Å². The van der Waals surface area contributed by atoms with E-state index in [1.165, 1.54) is 51.9 Å². The van der Waals surface area contributed by atoms with E-state index >= 15 is 0 Å². The van der Waals surface area contributed by atoms with Crippen molar-refractivity contribution in [1.29, 1.82) is 0 Å². The summed E-state index contributed by atoms with van der Waals surface area (Å²) in [5, 5.41) is 0. The van der Waals surface area contributed by atoms with Gasteiger partial charge in [0, 0.05) is 31.8 Å². The maximum absolute atomic E-state index is 6.20. The molecule has 0 aliphatic carbocycles. The smallest absolute Gasteiger partial charge is 0.0599 e. The molecule has 0 radical (unpaired) electrons. The molecule has 0 saturated carbocycles. The van der Waals surface area contributed by atoms with Crippen molar-refractivity contribution in [2.45, 2.75) is 71.6 Å². The van der Waals surface area contributed by atoms with Crippen LogP contribution in [0.4, 0.5) is 0 Å². The summed E-state index contributed by atoms with van der Waals surface area (Å²) in [6, 6.07) is 1.40. The number of hydrogen-bond acceptors (Lipinski definition) is 3. The molecule has 2 fully saturated rings. The van der Waals surface area contributed by atoms with Crippen molar-refractivity contribution in [3.63, 3.8) is 0 Å². The zero-order valence-electron chi connectivity index (χ0n) is 14.0. The Morgan fingerprint density at radius 2 is 1.25 bits per heavy atom. The van der Waals surface area contributed by atoms with Crippen LogP contribution >= 0.6 is 0 Å². The molecule has 0 N–H and O–H groups in total. The molecule has 0 unspecified atom stereocenters. The third kappa shape index (κ3) is 4.71. The second kappa shape index (κ2) is 7.77. The third-order valence-corrected chi connectivity index (χ3v) is 5.15. The Hall–Kier alpha value is -0.120.